The number of carbonyl (C=O) groups is 2. The Bertz CT molecular complexity index is 1090. The summed E-state index contributed by atoms with van der Waals surface area (Å²) in [5.41, 5.74) is 1.73. The maximum atomic E-state index is 12.4. The third kappa shape index (κ3) is 3.99. The van der Waals surface area contributed by atoms with Gasteiger partial charge in [0.05, 0.1) is 17.8 Å². The molecule has 1 amide bonds. The molecule has 0 saturated heterocycles. The van der Waals surface area contributed by atoms with Gasteiger partial charge in [-0.25, -0.2) is 0 Å². The molecule has 0 aliphatic heterocycles. The fourth-order valence-corrected chi connectivity index (χ4v) is 4.54. The minimum Gasteiger partial charge on any atom is -0.351 e. The van der Waals surface area contributed by atoms with Gasteiger partial charge in [0.25, 0.3) is 0 Å². The van der Waals surface area contributed by atoms with Crippen LogP contribution in [0.15, 0.2) is 71.4 Å². The van der Waals surface area contributed by atoms with E-state index in [0.717, 1.165) is 21.2 Å². The van der Waals surface area contributed by atoms with Crippen molar-refractivity contribution in [2.45, 2.75) is 13.0 Å². The lowest BCUT2D eigenvalue weighted by molar-refractivity contribution is -0.120. The van der Waals surface area contributed by atoms with Gasteiger partial charge in [-0.3, -0.25) is 9.59 Å². The summed E-state index contributed by atoms with van der Waals surface area (Å²) < 4.78 is 0. The smallest absolute Gasteiger partial charge is 0.224 e. The fraction of sp³-hybridized carbons (Fsp3) is 0.0909. The maximum absolute atomic E-state index is 12.4. The summed E-state index contributed by atoms with van der Waals surface area (Å²) in [6.07, 6.45) is 0.341. The average Bonchev–Trinajstić information content (AvgIpc) is 3.38. The molecule has 0 bridgehead atoms. The zero-order chi connectivity index (χ0) is 18.6. The van der Waals surface area contributed by atoms with Gasteiger partial charge in [0, 0.05) is 15.8 Å². The van der Waals surface area contributed by atoms with Crippen LogP contribution >= 0.6 is 22.7 Å². The summed E-state index contributed by atoms with van der Waals surface area (Å²) in [6.45, 7) is 0.436. The molecule has 0 atom stereocenters. The van der Waals surface area contributed by atoms with Crippen molar-refractivity contribution in [3.63, 3.8) is 0 Å². The Morgan fingerprint density at radius 2 is 1.78 bits per heavy atom. The standard InChI is InChI=1S/C22H17NO2S2/c24-21(12-16-6-3-5-15-4-1-2-7-19(15)16)23-13-18-8-9-20(27-18)22(25)17-10-11-26-14-17/h1-11,14H,12-13H2,(H,23,24). The van der Waals surface area contributed by atoms with Gasteiger partial charge in [-0.15, -0.1) is 11.3 Å². The lowest BCUT2D eigenvalue weighted by atomic mass is 10.0. The van der Waals surface area contributed by atoms with Gasteiger partial charge in [-0.05, 0) is 39.9 Å². The first kappa shape index (κ1) is 17.6. The van der Waals surface area contributed by atoms with Crippen LogP contribution in [0.2, 0.25) is 0 Å². The van der Waals surface area contributed by atoms with E-state index in [1.807, 2.05) is 59.3 Å². The van der Waals surface area contributed by atoms with E-state index in [4.69, 9.17) is 0 Å². The molecule has 27 heavy (non-hydrogen) atoms. The molecule has 0 aliphatic rings. The van der Waals surface area contributed by atoms with Crippen molar-refractivity contribution < 1.29 is 9.59 Å². The Morgan fingerprint density at radius 1 is 0.926 bits per heavy atom. The Balaban J connectivity index is 1.39. The Hall–Kier alpha value is -2.76. The van der Waals surface area contributed by atoms with Crippen molar-refractivity contribution in [3.8, 4) is 0 Å². The highest BCUT2D eigenvalue weighted by Gasteiger charge is 2.13. The Morgan fingerprint density at radius 3 is 2.63 bits per heavy atom. The summed E-state index contributed by atoms with van der Waals surface area (Å²) in [5, 5.41) is 8.96. The number of benzene rings is 2. The molecule has 2 aromatic heterocycles. The Labute approximate surface area is 165 Å². The molecule has 0 spiro atoms. The third-order valence-corrected chi connectivity index (χ3v) is 6.13. The van der Waals surface area contributed by atoms with Crippen LogP contribution in [0.3, 0.4) is 0 Å². The maximum Gasteiger partial charge on any atom is 0.224 e. The van der Waals surface area contributed by atoms with Crippen LogP contribution in [0.5, 0.6) is 0 Å². The van der Waals surface area contributed by atoms with Gasteiger partial charge in [-0.2, -0.15) is 11.3 Å². The van der Waals surface area contributed by atoms with Gasteiger partial charge in [0.1, 0.15) is 0 Å². The monoisotopic (exact) mass is 391 g/mol. The molecule has 4 aromatic rings. The molecule has 4 rings (SSSR count). The zero-order valence-electron chi connectivity index (χ0n) is 14.5. The van der Waals surface area contributed by atoms with Crippen LogP contribution in [0.1, 0.15) is 25.7 Å². The van der Waals surface area contributed by atoms with Crippen LogP contribution in [0.4, 0.5) is 0 Å². The first-order valence-electron chi connectivity index (χ1n) is 8.59. The van der Waals surface area contributed by atoms with Crippen molar-refractivity contribution in [2.24, 2.45) is 0 Å². The van der Waals surface area contributed by atoms with E-state index in [-0.39, 0.29) is 11.7 Å². The second-order valence-corrected chi connectivity index (χ2v) is 8.15. The molecule has 134 valence electrons. The third-order valence-electron chi connectivity index (χ3n) is 4.36. The van der Waals surface area contributed by atoms with Crippen molar-refractivity contribution in [1.29, 1.82) is 0 Å². The van der Waals surface area contributed by atoms with Crippen molar-refractivity contribution in [2.75, 3.05) is 0 Å². The molecule has 2 heterocycles. The van der Waals surface area contributed by atoms with Crippen LogP contribution in [0.25, 0.3) is 10.8 Å². The minimum absolute atomic E-state index is 0.0227. The number of hydrogen-bond acceptors (Lipinski definition) is 4. The number of rotatable bonds is 6. The highest BCUT2D eigenvalue weighted by molar-refractivity contribution is 7.14. The lowest BCUT2D eigenvalue weighted by Crippen LogP contribution is -2.24. The topological polar surface area (TPSA) is 46.2 Å². The van der Waals surface area contributed by atoms with Crippen molar-refractivity contribution in [1.82, 2.24) is 5.32 Å². The van der Waals surface area contributed by atoms with E-state index in [2.05, 4.69) is 17.4 Å². The molecule has 0 saturated carbocycles. The summed E-state index contributed by atoms with van der Waals surface area (Å²) in [6, 6.07) is 19.7. The van der Waals surface area contributed by atoms with Crippen molar-refractivity contribution >= 4 is 45.1 Å². The van der Waals surface area contributed by atoms with Crippen LogP contribution < -0.4 is 5.32 Å². The quantitative estimate of drug-likeness (QED) is 0.467. The molecule has 0 radical (unpaired) electrons. The highest BCUT2D eigenvalue weighted by Crippen LogP contribution is 2.22. The lowest BCUT2D eigenvalue weighted by Gasteiger charge is -2.07. The molecule has 5 heteroatoms. The molecule has 3 nitrogen and oxygen atoms in total. The SMILES string of the molecule is O=C(Cc1cccc2ccccc12)NCc1ccc(C(=O)c2ccsc2)s1. The molecular weight excluding hydrogens is 374 g/mol. The van der Waals surface area contributed by atoms with Crippen LogP contribution in [-0.2, 0) is 17.8 Å². The number of ketones is 1. The van der Waals surface area contributed by atoms with E-state index in [1.165, 1.54) is 22.7 Å². The first-order valence-corrected chi connectivity index (χ1v) is 10.4. The predicted octanol–water partition coefficient (Wildman–Crippen LogP) is 5.05. The highest BCUT2D eigenvalue weighted by atomic mass is 32.1. The van der Waals surface area contributed by atoms with Crippen LogP contribution in [-0.4, -0.2) is 11.7 Å². The second-order valence-electron chi connectivity index (χ2n) is 6.20. The zero-order valence-corrected chi connectivity index (χ0v) is 16.1. The van der Waals surface area contributed by atoms with Gasteiger partial charge < -0.3 is 5.32 Å². The Kier molecular flexibility index (Phi) is 5.14. The number of nitrogens with one attached hydrogen (secondary N) is 1. The largest absolute Gasteiger partial charge is 0.351 e. The number of carbonyl (C=O) groups excluding carboxylic acids is 2. The van der Waals surface area contributed by atoms with Gasteiger partial charge in [-0.1, -0.05) is 42.5 Å². The average molecular weight is 392 g/mol. The minimum atomic E-state index is -0.0227. The van der Waals surface area contributed by atoms with E-state index < -0.39 is 0 Å². The summed E-state index contributed by atoms with van der Waals surface area (Å²) in [5.74, 6) is 0.0139. The molecule has 0 fully saturated rings. The van der Waals surface area contributed by atoms with E-state index in [0.29, 0.717) is 23.4 Å². The first-order chi connectivity index (χ1) is 13.2. The number of fused-ring (bicyclic) bond motifs is 1. The number of thiophene rings is 2. The van der Waals surface area contributed by atoms with E-state index >= 15 is 0 Å². The fourth-order valence-electron chi connectivity index (χ4n) is 3.00. The summed E-state index contributed by atoms with van der Waals surface area (Å²) >= 11 is 2.94. The van der Waals surface area contributed by atoms with Gasteiger partial charge in [0.15, 0.2) is 0 Å². The number of amides is 1. The second kappa shape index (κ2) is 7.86. The molecule has 1 N–H and O–H groups in total. The molecule has 0 unspecified atom stereocenters. The van der Waals surface area contributed by atoms with E-state index in [9.17, 15) is 9.59 Å². The number of hydrogen-bond donors (Lipinski definition) is 1. The van der Waals surface area contributed by atoms with Gasteiger partial charge >= 0.3 is 0 Å². The van der Waals surface area contributed by atoms with Crippen molar-refractivity contribution in [3.05, 3.63) is 92.3 Å². The predicted molar refractivity (Wildman–Crippen MR) is 112 cm³/mol. The molecular formula is C22H17NO2S2. The normalized spacial score (nSPS) is 10.8. The van der Waals surface area contributed by atoms with Gasteiger partial charge in [0.2, 0.25) is 11.7 Å². The van der Waals surface area contributed by atoms with Crippen LogP contribution in [0, 0.1) is 0 Å². The van der Waals surface area contributed by atoms with E-state index in [1.54, 1.807) is 0 Å². The summed E-state index contributed by atoms with van der Waals surface area (Å²) in [7, 11) is 0. The molecule has 0 aliphatic carbocycles. The molecule has 2 aromatic carbocycles. The summed E-state index contributed by atoms with van der Waals surface area (Å²) in [4.78, 5) is 26.4.